The fraction of sp³-hybridized carbons (Fsp3) is 0.647. The molecular weight excluding hydrogens is 322 g/mol. The third-order valence-corrected chi connectivity index (χ3v) is 3.73. The number of imidazole rings is 1. The summed E-state index contributed by atoms with van der Waals surface area (Å²) in [7, 11) is 3.59. The number of nitrogens with two attached hydrogens (primary N) is 1. The number of methoxy groups -OCH3 is 1. The number of aromatic nitrogens is 3. The zero-order valence-corrected chi connectivity index (χ0v) is 15.7. The molecule has 140 valence electrons. The van der Waals surface area contributed by atoms with Crippen LogP contribution in [-0.2, 0) is 11.3 Å². The van der Waals surface area contributed by atoms with Gasteiger partial charge in [-0.15, -0.1) is 0 Å². The van der Waals surface area contributed by atoms with E-state index >= 15 is 0 Å². The monoisotopic (exact) mass is 351 g/mol. The van der Waals surface area contributed by atoms with Crippen LogP contribution in [0.15, 0.2) is 6.20 Å². The molecule has 0 aliphatic rings. The second kappa shape index (κ2) is 7.88. The van der Waals surface area contributed by atoms with Gasteiger partial charge in [0.05, 0.1) is 24.9 Å². The summed E-state index contributed by atoms with van der Waals surface area (Å²) >= 11 is 0. The molecule has 0 atom stereocenters. The van der Waals surface area contributed by atoms with E-state index in [9.17, 15) is 5.11 Å². The van der Waals surface area contributed by atoms with Gasteiger partial charge in [-0.2, -0.15) is 0 Å². The van der Waals surface area contributed by atoms with Crippen LogP contribution >= 0.6 is 0 Å². The van der Waals surface area contributed by atoms with E-state index < -0.39 is 5.60 Å². The number of hydrogen-bond donors (Lipinski definition) is 2. The highest BCUT2D eigenvalue weighted by Crippen LogP contribution is 2.33. The molecule has 0 saturated carbocycles. The molecule has 8 heteroatoms. The summed E-state index contributed by atoms with van der Waals surface area (Å²) in [5.41, 5.74) is 6.45. The highest BCUT2D eigenvalue weighted by atomic mass is 16.5. The molecule has 0 aliphatic heterocycles. The number of anilines is 2. The van der Waals surface area contributed by atoms with Gasteiger partial charge in [-0.05, 0) is 20.3 Å². The van der Waals surface area contributed by atoms with E-state index in [0.29, 0.717) is 36.8 Å². The Morgan fingerprint density at radius 2 is 2.08 bits per heavy atom. The molecule has 0 radical (unpaired) electrons. The van der Waals surface area contributed by atoms with E-state index in [4.69, 9.17) is 15.2 Å². The lowest BCUT2D eigenvalue weighted by Crippen LogP contribution is -2.30. The largest absolute Gasteiger partial charge is 0.487 e. The number of aliphatic hydroxyl groups is 1. The fourth-order valence-corrected chi connectivity index (χ4v) is 2.72. The maximum Gasteiger partial charge on any atom is 0.206 e. The first kappa shape index (κ1) is 19.3. The number of nitrogen functional groups attached to an aromatic ring is 1. The Balaban J connectivity index is 2.61. The van der Waals surface area contributed by atoms with Crippen molar-refractivity contribution in [3.8, 4) is 5.75 Å². The molecular formula is C17H29N5O3. The van der Waals surface area contributed by atoms with Crippen LogP contribution < -0.4 is 15.4 Å². The molecule has 2 rings (SSSR count). The molecule has 0 unspecified atom stereocenters. The molecule has 0 spiro atoms. The Kier molecular flexibility index (Phi) is 6.07. The van der Waals surface area contributed by atoms with Crippen LogP contribution in [0.1, 0.15) is 27.2 Å². The zero-order valence-electron chi connectivity index (χ0n) is 15.7. The SMILES string of the molecule is CCCN(C)c1nc2c(N)ncc(OCCOC)c2n1CC(C)(C)O. The number of ether oxygens (including phenoxy) is 2. The fourth-order valence-electron chi connectivity index (χ4n) is 2.72. The van der Waals surface area contributed by atoms with Crippen molar-refractivity contribution in [2.45, 2.75) is 39.3 Å². The summed E-state index contributed by atoms with van der Waals surface area (Å²) in [6, 6.07) is 0. The summed E-state index contributed by atoms with van der Waals surface area (Å²) in [4.78, 5) is 10.9. The summed E-state index contributed by atoms with van der Waals surface area (Å²) < 4.78 is 12.8. The number of hydrogen-bond acceptors (Lipinski definition) is 7. The molecule has 25 heavy (non-hydrogen) atoms. The minimum atomic E-state index is -0.919. The normalized spacial score (nSPS) is 11.9. The Hall–Kier alpha value is -2.06. The van der Waals surface area contributed by atoms with Crippen molar-refractivity contribution >= 4 is 22.8 Å². The molecule has 3 N–H and O–H groups in total. The van der Waals surface area contributed by atoms with Gasteiger partial charge >= 0.3 is 0 Å². The van der Waals surface area contributed by atoms with Crippen molar-refractivity contribution in [3.63, 3.8) is 0 Å². The van der Waals surface area contributed by atoms with Crippen LogP contribution in [0.25, 0.3) is 11.0 Å². The quantitative estimate of drug-likeness (QED) is 0.663. The van der Waals surface area contributed by atoms with Gasteiger partial charge in [-0.3, -0.25) is 0 Å². The van der Waals surface area contributed by atoms with Crippen LogP contribution in [0, 0.1) is 0 Å². The lowest BCUT2D eigenvalue weighted by molar-refractivity contribution is 0.0628. The van der Waals surface area contributed by atoms with Crippen molar-refractivity contribution in [2.24, 2.45) is 0 Å². The first-order valence-corrected chi connectivity index (χ1v) is 8.48. The van der Waals surface area contributed by atoms with Gasteiger partial charge in [-0.1, -0.05) is 6.92 Å². The zero-order chi connectivity index (χ0) is 18.6. The Morgan fingerprint density at radius 3 is 2.68 bits per heavy atom. The van der Waals surface area contributed by atoms with Crippen LogP contribution in [0.3, 0.4) is 0 Å². The lowest BCUT2D eigenvalue weighted by atomic mass is 10.1. The predicted molar refractivity (Wildman–Crippen MR) is 99.2 cm³/mol. The Morgan fingerprint density at radius 1 is 1.36 bits per heavy atom. The smallest absolute Gasteiger partial charge is 0.206 e. The molecule has 0 amide bonds. The van der Waals surface area contributed by atoms with Crippen LogP contribution in [-0.4, -0.2) is 59.2 Å². The summed E-state index contributed by atoms with van der Waals surface area (Å²) in [5, 5.41) is 10.4. The molecule has 0 aliphatic carbocycles. The second-order valence-corrected chi connectivity index (χ2v) is 6.78. The van der Waals surface area contributed by atoms with E-state index in [1.54, 1.807) is 27.2 Å². The maximum absolute atomic E-state index is 10.4. The second-order valence-electron chi connectivity index (χ2n) is 6.78. The van der Waals surface area contributed by atoms with Crippen LogP contribution in [0.5, 0.6) is 5.75 Å². The van der Waals surface area contributed by atoms with Crippen LogP contribution in [0.2, 0.25) is 0 Å². The standard InChI is InChI=1S/C17H29N5O3/c1-6-7-21(4)16-20-13-14(22(16)11-17(2,3)23)12(10-19-15(13)18)25-9-8-24-5/h10,23H,6-9,11H2,1-5H3,(H2,18,19). The Bertz CT molecular complexity index is 708. The van der Waals surface area contributed by atoms with Crippen molar-refractivity contribution in [1.82, 2.24) is 14.5 Å². The average Bonchev–Trinajstić information content (AvgIpc) is 2.89. The van der Waals surface area contributed by atoms with Crippen molar-refractivity contribution in [2.75, 3.05) is 44.5 Å². The summed E-state index contributed by atoms with van der Waals surface area (Å²) in [6.07, 6.45) is 2.58. The first-order valence-electron chi connectivity index (χ1n) is 8.48. The van der Waals surface area contributed by atoms with Crippen molar-refractivity contribution < 1.29 is 14.6 Å². The van der Waals surface area contributed by atoms with Crippen molar-refractivity contribution in [1.29, 1.82) is 0 Å². The number of rotatable bonds is 9. The molecule has 2 heterocycles. The van der Waals surface area contributed by atoms with E-state index in [2.05, 4.69) is 16.9 Å². The van der Waals surface area contributed by atoms with Crippen molar-refractivity contribution in [3.05, 3.63) is 6.20 Å². The third-order valence-electron chi connectivity index (χ3n) is 3.73. The summed E-state index contributed by atoms with van der Waals surface area (Å²) in [5.74, 6) is 1.65. The maximum atomic E-state index is 10.4. The molecule has 0 aromatic carbocycles. The van der Waals surface area contributed by atoms with Gasteiger partial charge in [0.1, 0.15) is 17.6 Å². The van der Waals surface area contributed by atoms with Gasteiger partial charge in [0, 0.05) is 20.7 Å². The van der Waals surface area contributed by atoms with Gasteiger partial charge < -0.3 is 29.8 Å². The minimum absolute atomic E-state index is 0.342. The topological polar surface area (TPSA) is 98.7 Å². The van der Waals surface area contributed by atoms with Gasteiger partial charge in [0.2, 0.25) is 5.95 Å². The molecule has 0 bridgehead atoms. The van der Waals surface area contributed by atoms with E-state index in [0.717, 1.165) is 24.4 Å². The van der Waals surface area contributed by atoms with E-state index in [1.165, 1.54) is 0 Å². The van der Waals surface area contributed by atoms with Gasteiger partial charge in [0.15, 0.2) is 11.6 Å². The number of nitrogens with zero attached hydrogens (tertiary/aromatic N) is 4. The molecule has 0 fully saturated rings. The van der Waals surface area contributed by atoms with E-state index in [-0.39, 0.29) is 0 Å². The average molecular weight is 351 g/mol. The highest BCUT2D eigenvalue weighted by Gasteiger charge is 2.24. The predicted octanol–water partition coefficient (Wildman–Crippen LogP) is 1.66. The summed E-state index contributed by atoms with van der Waals surface area (Å²) in [6.45, 7) is 7.68. The number of pyridine rings is 1. The highest BCUT2D eigenvalue weighted by molar-refractivity contribution is 5.91. The first-order chi connectivity index (χ1) is 11.8. The lowest BCUT2D eigenvalue weighted by Gasteiger charge is -2.24. The molecule has 2 aromatic heterocycles. The van der Waals surface area contributed by atoms with Crippen LogP contribution in [0.4, 0.5) is 11.8 Å². The molecule has 0 saturated heterocycles. The Labute approximate surface area is 148 Å². The van der Waals surface area contributed by atoms with Gasteiger partial charge in [0.25, 0.3) is 0 Å². The molecule has 8 nitrogen and oxygen atoms in total. The minimum Gasteiger partial charge on any atom is -0.487 e. The van der Waals surface area contributed by atoms with E-state index in [1.807, 2.05) is 16.5 Å². The third kappa shape index (κ3) is 4.52. The number of fused-ring (bicyclic) bond motifs is 1. The molecule has 2 aromatic rings. The van der Waals surface area contributed by atoms with Gasteiger partial charge in [-0.25, -0.2) is 9.97 Å².